The van der Waals surface area contributed by atoms with Crippen molar-refractivity contribution in [3.63, 3.8) is 0 Å². The van der Waals surface area contributed by atoms with E-state index in [0.717, 1.165) is 34.1 Å². The second-order valence-corrected chi connectivity index (χ2v) is 17.6. The van der Waals surface area contributed by atoms with Crippen LogP contribution in [0.25, 0.3) is 32.3 Å². The SMILES string of the molecule is c1ccc(B(c2ccccc2)c2cc(N(c3ccccc3)c3ccccc3)c3ccc4c(N(c5ccccc5)c5ccccc5)cc(B(c5ccccc5)c5ccccc5)c5ccc2c3c54)cc1. The van der Waals surface area contributed by atoms with Gasteiger partial charge in [0.2, 0.25) is 13.4 Å². The highest BCUT2D eigenvalue weighted by atomic mass is 15.1. The van der Waals surface area contributed by atoms with Crippen LogP contribution in [-0.2, 0) is 0 Å². The zero-order valence-electron chi connectivity index (χ0n) is 37.6. The fourth-order valence-corrected chi connectivity index (χ4v) is 10.7. The summed E-state index contributed by atoms with van der Waals surface area (Å²) in [6, 6.07) is 102. The van der Waals surface area contributed by atoms with Gasteiger partial charge in [-0.15, -0.1) is 0 Å². The summed E-state index contributed by atoms with van der Waals surface area (Å²) in [6.45, 7) is -0.112. The van der Waals surface area contributed by atoms with E-state index in [4.69, 9.17) is 0 Å². The minimum Gasteiger partial charge on any atom is -0.310 e. The number of hydrogen-bond acceptors (Lipinski definition) is 2. The topological polar surface area (TPSA) is 6.48 Å². The Morgan fingerprint density at radius 1 is 0.221 bits per heavy atom. The second kappa shape index (κ2) is 18.0. The van der Waals surface area contributed by atoms with E-state index in [0.29, 0.717) is 0 Å². The predicted octanol–water partition coefficient (Wildman–Crippen LogP) is 12.6. The average Bonchev–Trinajstić information content (AvgIpc) is 3.42. The van der Waals surface area contributed by atoms with Crippen LogP contribution < -0.4 is 42.6 Å². The average molecular weight is 865 g/mol. The Bertz CT molecular complexity index is 2960. The Balaban J connectivity index is 1.28. The van der Waals surface area contributed by atoms with E-state index in [9.17, 15) is 0 Å². The van der Waals surface area contributed by atoms with Crippen LogP contribution in [-0.4, -0.2) is 13.4 Å². The van der Waals surface area contributed by atoms with E-state index in [-0.39, 0.29) is 13.4 Å². The van der Waals surface area contributed by atoms with Crippen molar-refractivity contribution in [3.05, 3.63) is 279 Å². The highest BCUT2D eigenvalue weighted by Crippen LogP contribution is 2.47. The summed E-state index contributed by atoms with van der Waals surface area (Å²) in [5.74, 6) is 0. The Morgan fingerprint density at radius 3 is 0.691 bits per heavy atom. The fourth-order valence-electron chi connectivity index (χ4n) is 10.7. The largest absolute Gasteiger partial charge is 0.310 e. The number of para-hydroxylation sites is 4. The molecule has 0 saturated carbocycles. The number of rotatable bonds is 12. The van der Waals surface area contributed by atoms with Crippen molar-refractivity contribution >= 4 is 113 Å². The summed E-state index contributed by atoms with van der Waals surface area (Å²) < 4.78 is 0. The first-order chi connectivity index (χ1) is 33.8. The molecular weight excluding hydrogens is 818 g/mol. The van der Waals surface area contributed by atoms with E-state index in [2.05, 4.69) is 289 Å². The molecule has 0 unspecified atom stereocenters. The van der Waals surface area contributed by atoms with Gasteiger partial charge in [-0.25, -0.2) is 0 Å². The Morgan fingerprint density at radius 2 is 0.441 bits per heavy atom. The molecule has 68 heavy (non-hydrogen) atoms. The van der Waals surface area contributed by atoms with Crippen LogP contribution in [0.5, 0.6) is 0 Å². The molecule has 0 aliphatic carbocycles. The third-order valence-electron chi connectivity index (χ3n) is 13.6. The van der Waals surface area contributed by atoms with Gasteiger partial charge in [0.05, 0.1) is 11.4 Å². The molecule has 0 aromatic heterocycles. The maximum atomic E-state index is 2.49. The monoisotopic (exact) mass is 864 g/mol. The van der Waals surface area contributed by atoms with Gasteiger partial charge in [0.15, 0.2) is 0 Å². The first-order valence-corrected chi connectivity index (χ1v) is 23.6. The van der Waals surface area contributed by atoms with Gasteiger partial charge in [-0.1, -0.05) is 251 Å². The summed E-state index contributed by atoms with van der Waals surface area (Å²) in [5.41, 5.74) is 14.2. The lowest BCUT2D eigenvalue weighted by molar-refractivity contribution is 1.30. The van der Waals surface area contributed by atoms with Gasteiger partial charge in [0.25, 0.3) is 0 Å². The lowest BCUT2D eigenvalue weighted by Crippen LogP contribution is -2.52. The summed E-state index contributed by atoms with van der Waals surface area (Å²) in [6.07, 6.45) is 0. The van der Waals surface area contributed by atoms with Crippen LogP contribution in [0.4, 0.5) is 34.1 Å². The van der Waals surface area contributed by atoms with Crippen LogP contribution in [0.2, 0.25) is 0 Å². The van der Waals surface area contributed by atoms with Gasteiger partial charge in [-0.3, -0.25) is 0 Å². The number of nitrogens with zero attached hydrogens (tertiary/aromatic N) is 2. The third-order valence-corrected chi connectivity index (χ3v) is 13.6. The first kappa shape index (κ1) is 40.9. The van der Waals surface area contributed by atoms with Gasteiger partial charge in [0, 0.05) is 33.5 Å². The highest BCUT2D eigenvalue weighted by molar-refractivity contribution is 6.98. The summed E-state index contributed by atoms with van der Waals surface area (Å²) >= 11 is 0. The molecule has 0 heterocycles. The molecule has 12 aromatic carbocycles. The predicted molar refractivity (Wildman–Crippen MR) is 295 cm³/mol. The van der Waals surface area contributed by atoms with E-state index in [1.165, 1.54) is 65.1 Å². The van der Waals surface area contributed by atoms with Gasteiger partial charge in [-0.05, 0) is 82.2 Å². The Hall–Kier alpha value is -8.59. The van der Waals surface area contributed by atoms with Crippen LogP contribution >= 0.6 is 0 Å². The van der Waals surface area contributed by atoms with Crippen molar-refractivity contribution in [2.75, 3.05) is 9.80 Å². The van der Waals surface area contributed by atoms with Crippen LogP contribution in [0, 0.1) is 0 Å². The van der Waals surface area contributed by atoms with E-state index in [1.54, 1.807) is 0 Å². The molecule has 0 atom stereocenters. The number of anilines is 6. The normalized spacial score (nSPS) is 11.2. The minimum atomic E-state index is -0.0559. The van der Waals surface area contributed by atoms with Crippen molar-refractivity contribution in [2.24, 2.45) is 0 Å². The van der Waals surface area contributed by atoms with E-state index >= 15 is 0 Å². The van der Waals surface area contributed by atoms with Crippen LogP contribution in [0.3, 0.4) is 0 Å². The zero-order valence-corrected chi connectivity index (χ0v) is 37.6. The van der Waals surface area contributed by atoms with Crippen molar-refractivity contribution in [3.8, 4) is 0 Å². The third kappa shape index (κ3) is 7.37. The Kier molecular flexibility index (Phi) is 10.8. The Labute approximate surface area is 399 Å². The molecule has 12 aromatic rings. The van der Waals surface area contributed by atoms with Crippen molar-refractivity contribution in [1.82, 2.24) is 0 Å². The maximum Gasteiger partial charge on any atom is 0.242 e. The molecule has 2 nitrogen and oxygen atoms in total. The van der Waals surface area contributed by atoms with Gasteiger partial charge >= 0.3 is 0 Å². The molecule has 0 radical (unpaired) electrons. The molecule has 0 bridgehead atoms. The molecule has 0 fully saturated rings. The molecular formula is C64H46B2N2. The first-order valence-electron chi connectivity index (χ1n) is 23.6. The van der Waals surface area contributed by atoms with Crippen molar-refractivity contribution in [2.45, 2.75) is 0 Å². The quantitative estimate of drug-likeness (QED) is 0.0892. The molecule has 0 aliphatic heterocycles. The highest BCUT2D eigenvalue weighted by Gasteiger charge is 2.32. The lowest BCUT2D eigenvalue weighted by atomic mass is 9.35. The molecule has 0 spiro atoms. The maximum absolute atomic E-state index is 2.49. The lowest BCUT2D eigenvalue weighted by Gasteiger charge is -2.32. The standard InChI is InChI=1S/C64H46B2N2/c1-9-25-47(26-10-1)65(48-27-11-2-12-28-48)59-45-61(67(51-33-17-5-18-34-51)52-35-19-6-20-36-52)57-43-44-58-62(68(53-37-21-7-22-38-53)54-39-23-8-24-40-54)46-60(56-42-41-55(59)63(57)64(56)58)66(49-29-13-3-14-30-49)50-31-15-4-16-32-50/h1-46H. The van der Waals surface area contributed by atoms with Crippen molar-refractivity contribution in [1.29, 1.82) is 0 Å². The minimum absolute atomic E-state index is 0.0559. The molecule has 0 saturated heterocycles. The molecule has 0 amide bonds. The van der Waals surface area contributed by atoms with Gasteiger partial charge in [0.1, 0.15) is 0 Å². The molecule has 4 heteroatoms. The summed E-state index contributed by atoms with van der Waals surface area (Å²) in [7, 11) is 0. The molecule has 318 valence electrons. The van der Waals surface area contributed by atoms with Crippen LogP contribution in [0.15, 0.2) is 279 Å². The fraction of sp³-hybridized carbons (Fsp3) is 0. The summed E-state index contributed by atoms with van der Waals surface area (Å²) in [4.78, 5) is 4.92. The zero-order chi connectivity index (χ0) is 45.2. The molecule has 0 aliphatic rings. The van der Waals surface area contributed by atoms with Crippen LogP contribution in [0.1, 0.15) is 0 Å². The van der Waals surface area contributed by atoms with Gasteiger partial charge < -0.3 is 9.80 Å². The second-order valence-electron chi connectivity index (χ2n) is 17.6. The number of hydrogen-bond donors (Lipinski definition) is 0. The molecule has 12 rings (SSSR count). The van der Waals surface area contributed by atoms with E-state index < -0.39 is 0 Å². The smallest absolute Gasteiger partial charge is 0.242 e. The number of benzene rings is 12. The molecule has 0 N–H and O–H groups in total. The van der Waals surface area contributed by atoms with Crippen molar-refractivity contribution < 1.29 is 0 Å². The van der Waals surface area contributed by atoms with Gasteiger partial charge in [-0.2, -0.15) is 0 Å². The van der Waals surface area contributed by atoms with E-state index in [1.807, 2.05) is 0 Å². The summed E-state index contributed by atoms with van der Waals surface area (Å²) in [5, 5.41) is 7.38.